The summed E-state index contributed by atoms with van der Waals surface area (Å²) in [5.41, 5.74) is 2.27. The zero-order chi connectivity index (χ0) is 18.2. The zero-order valence-corrected chi connectivity index (χ0v) is 15.9. The average molecular weight is 359 g/mol. The Labute approximate surface area is 153 Å². The average Bonchev–Trinajstić information content (AvgIpc) is 3.04. The highest BCUT2D eigenvalue weighted by atomic mass is 32.1. The fourth-order valence-corrected chi connectivity index (χ4v) is 3.85. The predicted molar refractivity (Wildman–Crippen MR) is 103 cm³/mol. The van der Waals surface area contributed by atoms with Gasteiger partial charge in [-0.25, -0.2) is 0 Å². The van der Waals surface area contributed by atoms with E-state index in [4.69, 9.17) is 0 Å². The molecule has 1 heterocycles. The Hall–Kier alpha value is -2.14. The van der Waals surface area contributed by atoms with E-state index in [9.17, 15) is 9.59 Å². The Morgan fingerprint density at radius 3 is 2.52 bits per heavy atom. The maximum absolute atomic E-state index is 12.4. The summed E-state index contributed by atoms with van der Waals surface area (Å²) >= 11 is 1.54. The summed E-state index contributed by atoms with van der Waals surface area (Å²) in [6.45, 7) is 6.40. The van der Waals surface area contributed by atoms with Crippen molar-refractivity contribution < 1.29 is 9.59 Å². The van der Waals surface area contributed by atoms with Gasteiger partial charge in [-0.15, -0.1) is 11.3 Å². The lowest BCUT2D eigenvalue weighted by atomic mass is 10.1. The second-order valence-corrected chi connectivity index (χ2v) is 7.20. The van der Waals surface area contributed by atoms with Crippen LogP contribution in [0.4, 0.5) is 0 Å². The molecule has 25 heavy (non-hydrogen) atoms. The van der Waals surface area contributed by atoms with Crippen LogP contribution in [0.5, 0.6) is 0 Å². The Morgan fingerprint density at radius 2 is 1.88 bits per heavy atom. The van der Waals surface area contributed by atoms with Crippen molar-refractivity contribution in [2.75, 3.05) is 0 Å². The van der Waals surface area contributed by atoms with Crippen LogP contribution in [-0.2, 0) is 24.2 Å². The van der Waals surface area contributed by atoms with Crippen molar-refractivity contribution in [1.29, 1.82) is 0 Å². The van der Waals surface area contributed by atoms with Crippen molar-refractivity contribution in [3.63, 3.8) is 0 Å². The van der Waals surface area contributed by atoms with Crippen molar-refractivity contribution in [3.8, 4) is 0 Å². The molecule has 2 amide bonds. The minimum Gasteiger partial charge on any atom is -0.350 e. The van der Waals surface area contributed by atoms with E-state index in [0.717, 1.165) is 24.8 Å². The number of rotatable bonds is 8. The number of carbonyl (C=O) groups is 2. The van der Waals surface area contributed by atoms with Gasteiger partial charge in [-0.1, -0.05) is 50.6 Å². The SMILES string of the molecule is CCCc1sc(C(=O)NC(C)C(=O)NCc2ccccc2)cc1CC. The quantitative estimate of drug-likeness (QED) is 0.756. The van der Waals surface area contributed by atoms with Crippen molar-refractivity contribution in [2.45, 2.75) is 52.6 Å². The molecule has 0 aliphatic rings. The van der Waals surface area contributed by atoms with E-state index in [0.29, 0.717) is 11.4 Å². The summed E-state index contributed by atoms with van der Waals surface area (Å²) in [6.07, 6.45) is 2.98. The maximum Gasteiger partial charge on any atom is 0.262 e. The smallest absolute Gasteiger partial charge is 0.262 e. The predicted octanol–water partition coefficient (Wildman–Crippen LogP) is 3.70. The molecular formula is C20H26N2O2S. The van der Waals surface area contributed by atoms with Crippen LogP contribution >= 0.6 is 11.3 Å². The first-order chi connectivity index (χ1) is 12.0. The number of nitrogens with one attached hydrogen (secondary N) is 2. The van der Waals surface area contributed by atoms with E-state index < -0.39 is 6.04 Å². The van der Waals surface area contributed by atoms with Gasteiger partial charge in [0.2, 0.25) is 5.91 Å². The Balaban J connectivity index is 1.91. The third kappa shape index (κ3) is 5.43. The van der Waals surface area contributed by atoms with E-state index in [-0.39, 0.29) is 11.8 Å². The van der Waals surface area contributed by atoms with Gasteiger partial charge in [-0.2, -0.15) is 0 Å². The molecular weight excluding hydrogens is 332 g/mol. The van der Waals surface area contributed by atoms with E-state index in [1.807, 2.05) is 36.4 Å². The summed E-state index contributed by atoms with van der Waals surface area (Å²) in [6, 6.07) is 11.1. The standard InChI is InChI=1S/C20H26N2O2S/c1-4-9-17-16(5-2)12-18(25-17)20(24)22-14(3)19(23)21-13-15-10-7-6-8-11-15/h6-8,10-12,14H,4-5,9,13H2,1-3H3,(H,21,23)(H,22,24). The number of hydrogen-bond donors (Lipinski definition) is 2. The molecule has 0 bridgehead atoms. The monoisotopic (exact) mass is 358 g/mol. The first-order valence-corrected chi connectivity index (χ1v) is 9.60. The third-order valence-corrected chi connectivity index (χ3v) is 5.26. The molecule has 2 rings (SSSR count). The number of carbonyl (C=O) groups excluding carboxylic acids is 2. The molecule has 2 aromatic rings. The molecule has 2 N–H and O–H groups in total. The molecule has 0 aliphatic carbocycles. The molecule has 1 aromatic carbocycles. The fourth-order valence-electron chi connectivity index (χ4n) is 2.59. The molecule has 0 saturated heterocycles. The van der Waals surface area contributed by atoms with Gasteiger partial charge in [0.25, 0.3) is 5.91 Å². The first kappa shape index (κ1) is 19.2. The normalized spacial score (nSPS) is 11.8. The van der Waals surface area contributed by atoms with Gasteiger partial charge in [-0.05, 0) is 37.0 Å². The minimum atomic E-state index is -0.571. The van der Waals surface area contributed by atoms with Crippen molar-refractivity contribution in [3.05, 3.63) is 57.3 Å². The number of amides is 2. The highest BCUT2D eigenvalue weighted by Gasteiger charge is 2.19. The van der Waals surface area contributed by atoms with Gasteiger partial charge in [0.05, 0.1) is 4.88 Å². The van der Waals surface area contributed by atoms with Crippen LogP contribution in [0.15, 0.2) is 36.4 Å². The van der Waals surface area contributed by atoms with Crippen LogP contribution in [-0.4, -0.2) is 17.9 Å². The van der Waals surface area contributed by atoms with Crippen LogP contribution in [0.2, 0.25) is 0 Å². The summed E-state index contributed by atoms with van der Waals surface area (Å²) in [7, 11) is 0. The lowest BCUT2D eigenvalue weighted by Crippen LogP contribution is -2.44. The molecule has 1 aromatic heterocycles. The lowest BCUT2D eigenvalue weighted by Gasteiger charge is -2.13. The Bertz CT molecular complexity index is 710. The minimum absolute atomic E-state index is 0.176. The zero-order valence-electron chi connectivity index (χ0n) is 15.1. The number of hydrogen-bond acceptors (Lipinski definition) is 3. The number of thiophene rings is 1. The third-order valence-electron chi connectivity index (χ3n) is 4.03. The van der Waals surface area contributed by atoms with E-state index >= 15 is 0 Å². The fraction of sp³-hybridized carbons (Fsp3) is 0.400. The highest BCUT2D eigenvalue weighted by Crippen LogP contribution is 2.24. The molecule has 0 spiro atoms. The summed E-state index contributed by atoms with van der Waals surface area (Å²) < 4.78 is 0. The Kier molecular flexibility index (Phi) is 7.19. The number of aryl methyl sites for hydroxylation is 2. The molecule has 4 nitrogen and oxygen atoms in total. The lowest BCUT2D eigenvalue weighted by molar-refractivity contribution is -0.122. The number of benzene rings is 1. The van der Waals surface area contributed by atoms with Crippen LogP contribution in [0, 0.1) is 0 Å². The summed E-state index contributed by atoms with van der Waals surface area (Å²) in [4.78, 5) is 26.6. The molecule has 0 aliphatic heterocycles. The molecule has 1 atom stereocenters. The van der Waals surface area contributed by atoms with Crippen molar-refractivity contribution in [2.24, 2.45) is 0 Å². The van der Waals surface area contributed by atoms with Crippen LogP contribution < -0.4 is 10.6 Å². The van der Waals surface area contributed by atoms with Gasteiger partial charge < -0.3 is 10.6 Å². The second-order valence-electron chi connectivity index (χ2n) is 6.06. The molecule has 0 radical (unpaired) electrons. The van der Waals surface area contributed by atoms with E-state index in [1.165, 1.54) is 21.8 Å². The van der Waals surface area contributed by atoms with Crippen molar-refractivity contribution in [1.82, 2.24) is 10.6 Å². The summed E-state index contributed by atoms with van der Waals surface area (Å²) in [5, 5.41) is 5.65. The van der Waals surface area contributed by atoms with Gasteiger partial charge in [0, 0.05) is 11.4 Å². The highest BCUT2D eigenvalue weighted by molar-refractivity contribution is 7.14. The second kappa shape index (κ2) is 9.37. The molecule has 1 unspecified atom stereocenters. The van der Waals surface area contributed by atoms with E-state index in [2.05, 4.69) is 24.5 Å². The maximum atomic E-state index is 12.4. The molecule has 5 heteroatoms. The topological polar surface area (TPSA) is 58.2 Å². The van der Waals surface area contributed by atoms with E-state index in [1.54, 1.807) is 6.92 Å². The molecule has 0 saturated carbocycles. The molecule has 0 fully saturated rings. The Morgan fingerprint density at radius 1 is 1.16 bits per heavy atom. The van der Waals surface area contributed by atoms with Gasteiger partial charge in [0.15, 0.2) is 0 Å². The van der Waals surface area contributed by atoms with Gasteiger partial charge >= 0.3 is 0 Å². The van der Waals surface area contributed by atoms with Crippen LogP contribution in [0.3, 0.4) is 0 Å². The van der Waals surface area contributed by atoms with Crippen LogP contribution in [0.1, 0.15) is 52.9 Å². The molecule has 134 valence electrons. The van der Waals surface area contributed by atoms with Gasteiger partial charge in [-0.3, -0.25) is 9.59 Å². The van der Waals surface area contributed by atoms with Gasteiger partial charge in [0.1, 0.15) is 6.04 Å². The summed E-state index contributed by atoms with van der Waals surface area (Å²) in [5.74, 6) is -0.359. The largest absolute Gasteiger partial charge is 0.350 e. The van der Waals surface area contributed by atoms with Crippen molar-refractivity contribution >= 4 is 23.2 Å². The van der Waals surface area contributed by atoms with Crippen LogP contribution in [0.25, 0.3) is 0 Å². The first-order valence-electron chi connectivity index (χ1n) is 8.79.